The Hall–Kier alpha value is -4.97. The van der Waals surface area contributed by atoms with Gasteiger partial charge in [0.1, 0.15) is 11.5 Å². The third-order valence-electron chi connectivity index (χ3n) is 13.7. The molecule has 0 unspecified atom stereocenters. The van der Waals surface area contributed by atoms with E-state index in [1.165, 1.54) is 5.19 Å². The van der Waals surface area contributed by atoms with Crippen molar-refractivity contribution in [3.05, 3.63) is 113 Å². The van der Waals surface area contributed by atoms with E-state index < -0.39 is 19.8 Å². The van der Waals surface area contributed by atoms with Crippen LogP contribution < -0.4 is 24.5 Å². The van der Waals surface area contributed by atoms with Crippen LogP contribution in [-0.4, -0.2) is 75.3 Å². The molecular weight excluding hydrogens is 759 g/mol. The number of aliphatic hydroxyl groups excluding tert-OH is 1. The molecule has 10 nitrogen and oxygen atoms in total. The van der Waals surface area contributed by atoms with Crippen LogP contribution in [0.1, 0.15) is 67.7 Å². The van der Waals surface area contributed by atoms with Gasteiger partial charge in [-0.15, -0.1) is 0 Å². The molecule has 8 rings (SSSR count). The Morgan fingerprint density at radius 3 is 2.36 bits per heavy atom. The van der Waals surface area contributed by atoms with Gasteiger partial charge in [0.25, 0.3) is 5.91 Å². The Balaban J connectivity index is 1.18. The molecule has 3 amide bonds. The quantitative estimate of drug-likeness (QED) is 0.170. The second-order valence-corrected chi connectivity index (χ2v) is 22.0. The minimum absolute atomic E-state index is 0.0699. The van der Waals surface area contributed by atoms with Gasteiger partial charge in [-0.25, -0.2) is 0 Å². The number of benzene rings is 4. The molecule has 0 saturated carbocycles. The number of nitrogens with zero attached hydrogens (tertiary/aromatic N) is 3. The maximum atomic E-state index is 15.6. The molecule has 0 aromatic heterocycles. The zero-order valence-electron chi connectivity index (χ0n) is 35.0. The third-order valence-corrected chi connectivity index (χ3v) is 18.1. The SMILES string of the molecule is COc1ccc([Si](C)(C)[C@@H]2[C@@H](CC(=O)N3Cc4ccccc4C[C@H]3CO)O[C@]3(C(=O)N(Cc4cccc(N5CCCCCCC5=O)c4)c4ccc(OC)cc43)[C@H]2C)cc1. The van der Waals surface area contributed by atoms with Gasteiger partial charge in [-0.3, -0.25) is 14.4 Å². The molecule has 4 heterocycles. The van der Waals surface area contributed by atoms with E-state index in [0.29, 0.717) is 31.7 Å². The van der Waals surface area contributed by atoms with E-state index in [1.807, 2.05) is 87.5 Å². The third kappa shape index (κ3) is 7.35. The number of ether oxygens (including phenoxy) is 3. The molecule has 5 atom stereocenters. The fraction of sp³-hybridized carbons (Fsp3) is 0.438. The lowest BCUT2D eigenvalue weighted by atomic mass is 9.82. The first-order valence-electron chi connectivity index (χ1n) is 21.2. The van der Waals surface area contributed by atoms with Crippen LogP contribution in [0.5, 0.6) is 11.5 Å². The molecule has 2 fully saturated rings. The van der Waals surface area contributed by atoms with Crippen molar-refractivity contribution in [1.82, 2.24) is 4.90 Å². The van der Waals surface area contributed by atoms with Crippen LogP contribution in [0.25, 0.3) is 0 Å². The van der Waals surface area contributed by atoms with Crippen molar-refractivity contribution in [1.29, 1.82) is 0 Å². The van der Waals surface area contributed by atoms with Crippen LogP contribution >= 0.6 is 0 Å². The van der Waals surface area contributed by atoms with Crippen molar-refractivity contribution in [2.75, 3.05) is 37.2 Å². The van der Waals surface area contributed by atoms with Crippen LogP contribution in [-0.2, 0) is 44.2 Å². The molecule has 0 aliphatic carbocycles. The summed E-state index contributed by atoms with van der Waals surface area (Å²) >= 11 is 0. The average molecular weight is 816 g/mol. The van der Waals surface area contributed by atoms with E-state index in [-0.39, 0.29) is 54.8 Å². The van der Waals surface area contributed by atoms with Gasteiger partial charge >= 0.3 is 0 Å². The first-order valence-corrected chi connectivity index (χ1v) is 24.3. The molecule has 0 bridgehead atoms. The summed E-state index contributed by atoms with van der Waals surface area (Å²) in [7, 11) is 0.728. The molecule has 11 heteroatoms. The van der Waals surface area contributed by atoms with Gasteiger partial charge in [0.2, 0.25) is 11.8 Å². The number of carbonyl (C=O) groups is 3. The summed E-state index contributed by atoms with van der Waals surface area (Å²) in [6, 6.07) is 29.7. The van der Waals surface area contributed by atoms with E-state index in [1.54, 1.807) is 14.2 Å². The zero-order valence-corrected chi connectivity index (χ0v) is 36.0. The number of carbonyl (C=O) groups excluding carboxylic acids is 3. The van der Waals surface area contributed by atoms with Crippen molar-refractivity contribution in [2.45, 2.75) is 101 Å². The molecule has 59 heavy (non-hydrogen) atoms. The summed E-state index contributed by atoms with van der Waals surface area (Å²) < 4.78 is 18.7. The predicted molar refractivity (Wildman–Crippen MR) is 232 cm³/mol. The Morgan fingerprint density at radius 1 is 0.881 bits per heavy atom. The van der Waals surface area contributed by atoms with Crippen molar-refractivity contribution in [3.63, 3.8) is 0 Å². The first-order chi connectivity index (χ1) is 28.5. The highest BCUT2D eigenvalue weighted by molar-refractivity contribution is 6.91. The number of hydrogen-bond acceptors (Lipinski definition) is 7. The molecule has 2 saturated heterocycles. The fourth-order valence-electron chi connectivity index (χ4n) is 10.5. The van der Waals surface area contributed by atoms with E-state index >= 15 is 4.79 Å². The Labute approximate surface area is 349 Å². The molecule has 1 spiro atoms. The smallest absolute Gasteiger partial charge is 0.264 e. The van der Waals surface area contributed by atoms with Crippen LogP contribution in [0.15, 0.2) is 91.0 Å². The average Bonchev–Trinajstić information content (AvgIpc) is 3.67. The highest BCUT2D eigenvalue weighted by Gasteiger charge is 2.66. The van der Waals surface area contributed by atoms with Crippen molar-refractivity contribution in [2.24, 2.45) is 5.92 Å². The summed E-state index contributed by atoms with van der Waals surface area (Å²) in [5.41, 5.74) is 3.92. The van der Waals surface area contributed by atoms with Crippen LogP contribution in [0, 0.1) is 5.92 Å². The molecule has 0 radical (unpaired) electrons. The molecule has 4 aliphatic heterocycles. The number of hydrogen-bond donors (Lipinski definition) is 1. The van der Waals surface area contributed by atoms with Gasteiger partial charge in [-0.05, 0) is 84.0 Å². The van der Waals surface area contributed by atoms with E-state index in [2.05, 4.69) is 38.2 Å². The normalized spacial score (nSPS) is 24.5. The lowest BCUT2D eigenvalue weighted by Gasteiger charge is -2.39. The lowest BCUT2D eigenvalue weighted by molar-refractivity contribution is -0.151. The van der Waals surface area contributed by atoms with E-state index in [9.17, 15) is 14.7 Å². The van der Waals surface area contributed by atoms with Crippen molar-refractivity contribution >= 4 is 42.4 Å². The second-order valence-electron chi connectivity index (χ2n) is 17.3. The van der Waals surface area contributed by atoms with Crippen molar-refractivity contribution in [3.8, 4) is 11.5 Å². The minimum Gasteiger partial charge on any atom is -0.497 e. The number of rotatable bonds is 10. The predicted octanol–water partition coefficient (Wildman–Crippen LogP) is 7.10. The molecule has 4 aromatic carbocycles. The maximum absolute atomic E-state index is 15.6. The Kier molecular flexibility index (Phi) is 11.5. The Bertz CT molecular complexity index is 2210. The minimum atomic E-state index is -2.55. The first kappa shape index (κ1) is 40.8. The van der Waals surface area contributed by atoms with Gasteiger partial charge in [0.15, 0.2) is 5.60 Å². The number of aliphatic hydroxyl groups is 1. The van der Waals surface area contributed by atoms with E-state index in [0.717, 1.165) is 65.1 Å². The second kappa shape index (κ2) is 16.6. The molecular formula is C48H57N3O7Si. The zero-order chi connectivity index (χ0) is 41.5. The molecule has 4 aliphatic rings. The standard InChI is InChI=1S/C48H57N3O7Si/c1-32-46(59(4,5)40-21-18-38(56-2)19-22-40)43(28-45(54)50-30-35-15-10-9-14-34(35)26-37(50)31-52)58-48(32)41-27-39(57-3)20-23-42(41)51(47(48)55)29-33-13-12-16-36(25-33)49-24-11-7-6-8-17-44(49)53/h9-10,12-16,18-23,25,27,32,37,43,46,52H,6-8,11,17,24,26,28-31H2,1-5H3/t32-,37-,43+,46-,48+/m0/s1. The summed E-state index contributed by atoms with van der Waals surface area (Å²) in [5, 5.41) is 11.7. The van der Waals surface area contributed by atoms with Crippen LogP contribution in [0.3, 0.4) is 0 Å². The largest absolute Gasteiger partial charge is 0.497 e. The highest BCUT2D eigenvalue weighted by Crippen LogP contribution is 2.60. The van der Waals surface area contributed by atoms with Gasteiger partial charge in [0.05, 0.1) is 59.7 Å². The van der Waals surface area contributed by atoms with Gasteiger partial charge in [-0.1, -0.05) is 86.6 Å². The van der Waals surface area contributed by atoms with Gasteiger partial charge in [0, 0.05) is 36.7 Å². The maximum Gasteiger partial charge on any atom is 0.264 e. The topological polar surface area (TPSA) is 109 Å². The number of amides is 3. The fourth-order valence-corrected chi connectivity index (χ4v) is 14.6. The lowest BCUT2D eigenvalue weighted by Crippen LogP contribution is -2.52. The van der Waals surface area contributed by atoms with Gasteiger partial charge in [-0.2, -0.15) is 0 Å². The summed E-state index contributed by atoms with van der Waals surface area (Å²) in [4.78, 5) is 49.0. The number of fused-ring (bicyclic) bond motifs is 3. The Morgan fingerprint density at radius 2 is 1.61 bits per heavy atom. The van der Waals surface area contributed by atoms with E-state index in [4.69, 9.17) is 14.2 Å². The van der Waals surface area contributed by atoms with Crippen molar-refractivity contribution < 1.29 is 33.7 Å². The summed E-state index contributed by atoms with van der Waals surface area (Å²) in [5.74, 6) is 0.930. The summed E-state index contributed by atoms with van der Waals surface area (Å²) in [6.45, 7) is 7.97. The van der Waals surface area contributed by atoms with Crippen LogP contribution in [0.2, 0.25) is 18.6 Å². The number of methoxy groups -OCH3 is 2. The highest BCUT2D eigenvalue weighted by atomic mass is 28.3. The van der Waals surface area contributed by atoms with Crippen LogP contribution in [0.4, 0.5) is 11.4 Å². The summed E-state index contributed by atoms with van der Waals surface area (Å²) in [6.07, 6.45) is 4.63. The molecule has 4 aromatic rings. The monoisotopic (exact) mass is 815 g/mol. The molecule has 310 valence electrons. The van der Waals surface area contributed by atoms with Gasteiger partial charge < -0.3 is 34.0 Å². The number of anilines is 2. The molecule has 1 N–H and O–H groups in total.